The topological polar surface area (TPSA) is 62.5 Å². The number of carbonyl (C=O) groups excluding carboxylic acids is 1. The Kier molecular flexibility index (Phi) is 3.64. The summed E-state index contributed by atoms with van der Waals surface area (Å²) in [5.74, 6) is -1.12. The molecule has 0 radical (unpaired) electrons. The number of aliphatic carboxylic acids is 1. The molecule has 104 valence electrons. The molecule has 1 saturated heterocycles. The molecule has 0 bridgehead atoms. The molecule has 1 amide bonds. The van der Waals surface area contributed by atoms with Gasteiger partial charge in [-0.3, -0.25) is 9.59 Å². The summed E-state index contributed by atoms with van der Waals surface area (Å²) in [5.41, 5.74) is 1.64. The summed E-state index contributed by atoms with van der Waals surface area (Å²) in [6.45, 7) is 4.87. The zero-order valence-corrected chi connectivity index (χ0v) is 11.6. The highest BCUT2D eigenvalue weighted by atomic mass is 16.4. The number of aryl methyl sites for hydroxylation is 1. The Labute approximate surface area is 112 Å². The fourth-order valence-electron chi connectivity index (χ4n) is 2.69. The van der Waals surface area contributed by atoms with Crippen LogP contribution in [-0.2, 0) is 11.8 Å². The van der Waals surface area contributed by atoms with Gasteiger partial charge in [0.1, 0.15) is 5.69 Å². The lowest BCUT2D eigenvalue weighted by Gasteiger charge is -2.34. The van der Waals surface area contributed by atoms with Gasteiger partial charge in [-0.1, -0.05) is 6.92 Å². The van der Waals surface area contributed by atoms with Gasteiger partial charge in [0.15, 0.2) is 0 Å². The first-order valence-corrected chi connectivity index (χ1v) is 6.54. The molecule has 0 spiro atoms. The summed E-state index contributed by atoms with van der Waals surface area (Å²) in [6, 6.07) is 3.70. The minimum Gasteiger partial charge on any atom is -0.481 e. The number of piperidine rings is 1. The average Bonchev–Trinajstić information content (AvgIpc) is 2.68. The van der Waals surface area contributed by atoms with E-state index in [-0.39, 0.29) is 11.8 Å². The van der Waals surface area contributed by atoms with Gasteiger partial charge in [-0.15, -0.1) is 0 Å². The summed E-state index contributed by atoms with van der Waals surface area (Å²) in [5, 5.41) is 9.14. The summed E-state index contributed by atoms with van der Waals surface area (Å²) in [7, 11) is 1.85. The maximum Gasteiger partial charge on any atom is 0.308 e. The number of likely N-dealkylation sites (tertiary alicyclic amines) is 1. The molecule has 2 atom stereocenters. The Morgan fingerprint density at radius 3 is 2.53 bits per heavy atom. The predicted molar refractivity (Wildman–Crippen MR) is 71.0 cm³/mol. The summed E-state index contributed by atoms with van der Waals surface area (Å²) in [4.78, 5) is 25.3. The molecular formula is C14H20N2O3. The molecule has 0 saturated carbocycles. The van der Waals surface area contributed by atoms with E-state index in [4.69, 9.17) is 5.11 Å². The molecule has 1 aliphatic heterocycles. The van der Waals surface area contributed by atoms with Crippen molar-refractivity contribution in [3.05, 3.63) is 23.5 Å². The van der Waals surface area contributed by atoms with E-state index in [9.17, 15) is 9.59 Å². The van der Waals surface area contributed by atoms with E-state index < -0.39 is 11.9 Å². The molecule has 5 heteroatoms. The first-order chi connectivity index (χ1) is 8.90. The zero-order chi connectivity index (χ0) is 14.2. The van der Waals surface area contributed by atoms with Crippen LogP contribution >= 0.6 is 0 Å². The highest BCUT2D eigenvalue weighted by Crippen LogP contribution is 2.23. The largest absolute Gasteiger partial charge is 0.481 e. The van der Waals surface area contributed by atoms with Crippen molar-refractivity contribution >= 4 is 11.9 Å². The van der Waals surface area contributed by atoms with Gasteiger partial charge in [-0.05, 0) is 31.4 Å². The van der Waals surface area contributed by atoms with E-state index >= 15 is 0 Å². The molecule has 0 aliphatic carbocycles. The molecule has 1 fully saturated rings. The van der Waals surface area contributed by atoms with Gasteiger partial charge >= 0.3 is 5.97 Å². The van der Waals surface area contributed by atoms with Crippen LogP contribution in [-0.4, -0.2) is 39.5 Å². The normalized spacial score (nSPS) is 23.4. The van der Waals surface area contributed by atoms with Gasteiger partial charge < -0.3 is 14.6 Å². The second kappa shape index (κ2) is 5.07. The number of amides is 1. The lowest BCUT2D eigenvalue weighted by molar-refractivity contribution is -0.143. The molecule has 1 aliphatic rings. The quantitative estimate of drug-likeness (QED) is 0.880. The molecule has 1 aromatic rings. The van der Waals surface area contributed by atoms with Gasteiger partial charge in [-0.2, -0.15) is 0 Å². The van der Waals surface area contributed by atoms with Crippen molar-refractivity contribution in [1.82, 2.24) is 9.47 Å². The number of rotatable bonds is 2. The minimum absolute atomic E-state index is 0.0756. The minimum atomic E-state index is -0.813. The number of carboxylic acid groups (broad SMARTS) is 1. The lowest BCUT2D eigenvalue weighted by atomic mass is 9.90. The van der Waals surface area contributed by atoms with Crippen LogP contribution in [0.5, 0.6) is 0 Å². The zero-order valence-electron chi connectivity index (χ0n) is 11.6. The second-order valence-corrected chi connectivity index (χ2v) is 5.51. The Balaban J connectivity index is 2.19. The third-order valence-electron chi connectivity index (χ3n) is 3.89. The maximum absolute atomic E-state index is 12.5. The number of nitrogens with zero attached hydrogens (tertiary/aromatic N) is 2. The van der Waals surface area contributed by atoms with Crippen LogP contribution < -0.4 is 0 Å². The van der Waals surface area contributed by atoms with Crippen molar-refractivity contribution in [2.75, 3.05) is 13.1 Å². The summed E-state index contributed by atoms with van der Waals surface area (Å²) >= 11 is 0. The van der Waals surface area contributed by atoms with Gasteiger partial charge in [-0.25, -0.2) is 0 Å². The molecular weight excluding hydrogens is 244 g/mol. The van der Waals surface area contributed by atoms with Crippen LogP contribution in [0.2, 0.25) is 0 Å². The van der Waals surface area contributed by atoms with Gasteiger partial charge in [0.05, 0.1) is 5.92 Å². The van der Waals surface area contributed by atoms with Crippen molar-refractivity contribution in [2.24, 2.45) is 18.9 Å². The molecule has 1 aromatic heterocycles. The first-order valence-electron chi connectivity index (χ1n) is 6.54. The van der Waals surface area contributed by atoms with E-state index in [1.807, 2.05) is 31.5 Å². The number of aromatic nitrogens is 1. The maximum atomic E-state index is 12.5. The van der Waals surface area contributed by atoms with Crippen LogP contribution in [0, 0.1) is 18.8 Å². The third kappa shape index (κ3) is 2.64. The Morgan fingerprint density at radius 1 is 1.32 bits per heavy atom. The van der Waals surface area contributed by atoms with Crippen molar-refractivity contribution in [3.8, 4) is 0 Å². The molecule has 0 aromatic carbocycles. The van der Waals surface area contributed by atoms with E-state index in [0.29, 0.717) is 25.2 Å². The summed E-state index contributed by atoms with van der Waals surface area (Å²) < 4.78 is 1.84. The van der Waals surface area contributed by atoms with Crippen molar-refractivity contribution < 1.29 is 14.7 Å². The second-order valence-electron chi connectivity index (χ2n) is 5.51. The van der Waals surface area contributed by atoms with E-state index in [0.717, 1.165) is 5.69 Å². The molecule has 5 nitrogen and oxygen atoms in total. The molecule has 1 N–H and O–H groups in total. The van der Waals surface area contributed by atoms with Gasteiger partial charge in [0.25, 0.3) is 5.91 Å². The van der Waals surface area contributed by atoms with Gasteiger partial charge in [0, 0.05) is 25.8 Å². The van der Waals surface area contributed by atoms with Crippen molar-refractivity contribution in [2.45, 2.75) is 20.3 Å². The average molecular weight is 264 g/mol. The van der Waals surface area contributed by atoms with Crippen molar-refractivity contribution in [1.29, 1.82) is 0 Å². The lowest BCUT2D eigenvalue weighted by Crippen LogP contribution is -2.46. The number of hydrogen-bond donors (Lipinski definition) is 1. The van der Waals surface area contributed by atoms with Crippen LogP contribution in [0.15, 0.2) is 12.1 Å². The third-order valence-corrected chi connectivity index (χ3v) is 3.89. The highest BCUT2D eigenvalue weighted by molar-refractivity contribution is 5.93. The van der Waals surface area contributed by atoms with E-state index in [1.54, 1.807) is 11.0 Å². The monoisotopic (exact) mass is 264 g/mol. The van der Waals surface area contributed by atoms with Crippen molar-refractivity contribution in [3.63, 3.8) is 0 Å². The Bertz CT molecular complexity index is 507. The smallest absolute Gasteiger partial charge is 0.308 e. The number of carbonyl (C=O) groups is 2. The molecule has 2 unspecified atom stereocenters. The molecule has 19 heavy (non-hydrogen) atoms. The number of hydrogen-bond acceptors (Lipinski definition) is 2. The Hall–Kier alpha value is -1.78. The van der Waals surface area contributed by atoms with E-state index in [1.165, 1.54) is 0 Å². The van der Waals surface area contributed by atoms with Crippen LogP contribution in [0.1, 0.15) is 29.5 Å². The number of carboxylic acids is 1. The molecule has 2 rings (SSSR count). The van der Waals surface area contributed by atoms with Crippen LogP contribution in [0.4, 0.5) is 0 Å². The predicted octanol–water partition coefficient (Wildman–Crippen LogP) is 1.52. The van der Waals surface area contributed by atoms with Gasteiger partial charge in [0.2, 0.25) is 0 Å². The van der Waals surface area contributed by atoms with Crippen LogP contribution in [0.3, 0.4) is 0 Å². The highest BCUT2D eigenvalue weighted by Gasteiger charge is 2.32. The van der Waals surface area contributed by atoms with E-state index in [2.05, 4.69) is 0 Å². The standard InChI is InChI=1S/C14H20N2O3/c1-9-6-11(14(18)19)8-16(7-9)13(17)12-5-4-10(2)15(12)3/h4-5,9,11H,6-8H2,1-3H3,(H,18,19). The molecule has 2 heterocycles. The fourth-order valence-corrected chi connectivity index (χ4v) is 2.69. The van der Waals surface area contributed by atoms with Crippen LogP contribution in [0.25, 0.3) is 0 Å². The fraction of sp³-hybridized carbons (Fsp3) is 0.571. The SMILES string of the molecule is Cc1ccc(C(=O)N2CC(C)CC(C(=O)O)C2)n1C. The summed E-state index contributed by atoms with van der Waals surface area (Å²) in [6.07, 6.45) is 0.644. The Morgan fingerprint density at radius 2 is 2.00 bits per heavy atom. The first kappa shape index (κ1) is 13.6.